The molecule has 3 fully saturated rings. The number of piperazine rings is 1. The summed E-state index contributed by atoms with van der Waals surface area (Å²) >= 11 is 0. The Hall–Kier alpha value is -5.05. The van der Waals surface area contributed by atoms with Crippen LogP contribution in [0.25, 0.3) is 33.4 Å². The molecular formula is C46H61N9O5. The summed E-state index contributed by atoms with van der Waals surface area (Å²) in [5, 5.41) is 5.57. The van der Waals surface area contributed by atoms with Crippen LogP contribution in [0.5, 0.6) is 0 Å². The molecule has 320 valence electrons. The number of pyridine rings is 2. The van der Waals surface area contributed by atoms with Crippen molar-refractivity contribution in [1.82, 2.24) is 35.2 Å². The molecule has 0 unspecified atom stereocenters. The molecule has 4 N–H and O–H groups in total. The second-order valence-corrected chi connectivity index (χ2v) is 18.2. The number of cyclic esters (lactones) is 1. The summed E-state index contributed by atoms with van der Waals surface area (Å²) < 4.78 is 14.5. The summed E-state index contributed by atoms with van der Waals surface area (Å²) in [6, 6.07) is 10.7. The van der Waals surface area contributed by atoms with Gasteiger partial charge in [-0.1, -0.05) is 26.8 Å². The zero-order chi connectivity index (χ0) is 42.5. The van der Waals surface area contributed by atoms with Gasteiger partial charge in [-0.05, 0) is 88.4 Å². The molecular weight excluding hydrogens is 759 g/mol. The molecule has 2 amide bonds. The molecule has 0 radical (unpaired) electrons. The predicted molar refractivity (Wildman–Crippen MR) is 233 cm³/mol. The Morgan fingerprint density at radius 2 is 1.88 bits per heavy atom. The maximum absolute atomic E-state index is 14.2. The van der Waals surface area contributed by atoms with Crippen molar-refractivity contribution in [2.75, 3.05) is 64.1 Å². The number of anilines is 2. The van der Waals surface area contributed by atoms with E-state index in [1.54, 1.807) is 13.2 Å². The number of hydrogen-bond acceptors (Lipinski definition) is 11. The molecule has 5 atom stereocenters. The number of nitrogens with zero attached hydrogens (tertiary/aromatic N) is 6. The lowest BCUT2D eigenvalue weighted by molar-refractivity contribution is -0.155. The number of methoxy groups -OCH3 is 1. The maximum atomic E-state index is 14.2. The van der Waals surface area contributed by atoms with Crippen molar-refractivity contribution in [3.8, 4) is 22.5 Å². The molecule has 6 bridgehead atoms. The number of hydrogen-bond donors (Lipinski definition) is 3. The van der Waals surface area contributed by atoms with Gasteiger partial charge in [0.15, 0.2) is 0 Å². The summed E-state index contributed by atoms with van der Waals surface area (Å²) in [5.41, 5.74) is 18.1. The highest BCUT2D eigenvalue weighted by Crippen LogP contribution is 2.43. The topological polar surface area (TPSA) is 160 Å². The molecule has 6 heterocycles. The van der Waals surface area contributed by atoms with Gasteiger partial charge in [0.1, 0.15) is 12.1 Å². The molecule has 1 saturated carbocycles. The number of nitrogens with two attached hydrogens (primary N) is 1. The van der Waals surface area contributed by atoms with Crippen LogP contribution in [0.4, 0.5) is 11.4 Å². The van der Waals surface area contributed by atoms with Gasteiger partial charge in [-0.3, -0.25) is 29.4 Å². The Bertz CT molecular complexity index is 2280. The number of hydrazine groups is 1. The van der Waals surface area contributed by atoms with E-state index in [0.29, 0.717) is 49.4 Å². The van der Waals surface area contributed by atoms with Gasteiger partial charge in [0, 0.05) is 97.5 Å². The van der Waals surface area contributed by atoms with Crippen molar-refractivity contribution in [2.45, 2.75) is 91.5 Å². The fourth-order valence-electron chi connectivity index (χ4n) is 9.16. The molecule has 1 aromatic carbocycles. The number of aryl methyl sites for hydroxylation is 1. The lowest BCUT2D eigenvalue weighted by Crippen LogP contribution is -2.60. The number of aromatic nitrogens is 3. The molecule has 4 aliphatic rings. The van der Waals surface area contributed by atoms with Crippen molar-refractivity contribution in [1.29, 1.82) is 0 Å². The number of benzene rings is 1. The van der Waals surface area contributed by atoms with Crippen LogP contribution in [0.3, 0.4) is 0 Å². The summed E-state index contributed by atoms with van der Waals surface area (Å²) in [5.74, 6) is -0.744. The normalized spacial score (nSPS) is 24.2. The summed E-state index contributed by atoms with van der Waals surface area (Å²) in [6.45, 7) is 15.5. The minimum Gasteiger partial charge on any atom is -0.464 e. The van der Waals surface area contributed by atoms with Gasteiger partial charge in [0.05, 0.1) is 41.7 Å². The molecule has 14 nitrogen and oxygen atoms in total. The summed E-state index contributed by atoms with van der Waals surface area (Å²) in [4.78, 5) is 56.4. The SMILES string of the molecule is CCn1c(-c2cc(N3CCN(C)CC3)cnc2[C@H](C)OC)c2c3cc(ccc31)-c1cc(N)cc(n1)C[C@H](NC(=O)[C@H]1C[C@@H]1C)C(=O)N1CCC[C@H](N1)C(=O)OCC(C)(C)C2. The van der Waals surface area contributed by atoms with Crippen molar-refractivity contribution in [3.63, 3.8) is 0 Å². The van der Waals surface area contributed by atoms with E-state index in [4.69, 9.17) is 25.2 Å². The smallest absolute Gasteiger partial charge is 0.324 e. The van der Waals surface area contributed by atoms with E-state index in [1.807, 2.05) is 26.1 Å². The Labute approximate surface area is 353 Å². The number of ether oxygens (including phenoxy) is 2. The van der Waals surface area contributed by atoms with Crippen LogP contribution in [-0.2, 0) is 43.2 Å². The molecule has 0 spiro atoms. The molecule has 14 heteroatoms. The van der Waals surface area contributed by atoms with E-state index in [-0.39, 0.29) is 42.8 Å². The maximum Gasteiger partial charge on any atom is 0.324 e. The number of carbonyl (C=O) groups excluding carboxylic acids is 3. The third-order valence-electron chi connectivity index (χ3n) is 12.9. The molecule has 8 rings (SSSR count). The van der Waals surface area contributed by atoms with Crippen molar-refractivity contribution >= 4 is 40.1 Å². The highest BCUT2D eigenvalue weighted by atomic mass is 16.5. The third-order valence-corrected chi connectivity index (χ3v) is 12.9. The van der Waals surface area contributed by atoms with Gasteiger partial charge in [0.2, 0.25) is 5.91 Å². The standard InChI is InChI=1S/C46H61N9O5/c1-8-54-40-12-11-29-19-34(40)36(42(54)35-23-32(25-48-41(35)28(3)59-7)53-16-14-52(6)15-17-53)24-46(4,5)26-60-45(58)37-10-9-13-55(51-37)44(57)39(50-43(56)33-18-27(33)2)22-31-20-30(47)21-38(29)49-31/h11-12,19-21,23,25,27-28,33,37,39,51H,8-10,13-18,22,24,26H2,1-7H3,(H2,47,49)(H,50,56)/t27-,28-,33-,37-,39-/m0/s1. The van der Waals surface area contributed by atoms with E-state index in [9.17, 15) is 14.4 Å². The first-order chi connectivity index (χ1) is 28.7. The highest BCUT2D eigenvalue weighted by Gasteiger charge is 2.42. The Morgan fingerprint density at radius 3 is 2.60 bits per heavy atom. The number of amides is 2. The largest absolute Gasteiger partial charge is 0.464 e. The zero-order valence-corrected chi connectivity index (χ0v) is 36.2. The minimum atomic E-state index is -0.915. The Morgan fingerprint density at radius 1 is 1.12 bits per heavy atom. The van der Waals surface area contributed by atoms with E-state index in [2.05, 4.69) is 77.2 Å². The average molecular weight is 820 g/mol. The predicted octanol–water partition coefficient (Wildman–Crippen LogP) is 5.13. The van der Waals surface area contributed by atoms with Gasteiger partial charge in [-0.15, -0.1) is 0 Å². The van der Waals surface area contributed by atoms with Gasteiger partial charge in [-0.2, -0.15) is 0 Å². The first kappa shape index (κ1) is 41.7. The highest BCUT2D eigenvalue weighted by molar-refractivity contribution is 5.96. The van der Waals surface area contributed by atoms with Gasteiger partial charge in [0.25, 0.3) is 5.91 Å². The lowest BCUT2D eigenvalue weighted by Gasteiger charge is -2.35. The van der Waals surface area contributed by atoms with Crippen LogP contribution in [0.1, 0.15) is 76.9 Å². The number of esters is 1. The fourth-order valence-corrected chi connectivity index (χ4v) is 9.16. The van der Waals surface area contributed by atoms with Crippen LogP contribution >= 0.6 is 0 Å². The summed E-state index contributed by atoms with van der Waals surface area (Å²) in [6.07, 6.45) is 4.34. The van der Waals surface area contributed by atoms with Gasteiger partial charge >= 0.3 is 5.97 Å². The van der Waals surface area contributed by atoms with Crippen molar-refractivity contribution in [2.24, 2.45) is 17.3 Å². The number of carbonyl (C=O) groups is 3. The number of nitrogen functional groups attached to an aromatic ring is 1. The molecule has 4 aromatic rings. The number of fused-ring (bicyclic) bond motifs is 6. The first-order valence-electron chi connectivity index (χ1n) is 21.7. The quantitative estimate of drug-likeness (QED) is 0.212. The average Bonchev–Trinajstić information content (AvgIpc) is 3.91. The molecule has 2 saturated heterocycles. The number of likely N-dealkylation sites (N-methyl/N-ethyl adjacent to an activating group) is 1. The molecule has 3 aromatic heterocycles. The Kier molecular flexibility index (Phi) is 11.7. The van der Waals surface area contributed by atoms with E-state index >= 15 is 0 Å². The van der Waals surface area contributed by atoms with E-state index in [1.165, 1.54) is 5.01 Å². The van der Waals surface area contributed by atoms with Crippen LogP contribution in [0.15, 0.2) is 42.6 Å². The number of rotatable bonds is 7. The van der Waals surface area contributed by atoms with Gasteiger partial charge < -0.3 is 34.9 Å². The second kappa shape index (κ2) is 16.8. The van der Waals surface area contributed by atoms with Crippen molar-refractivity contribution < 1.29 is 23.9 Å². The fraction of sp³-hybridized carbons (Fsp3) is 0.543. The van der Waals surface area contributed by atoms with Crippen LogP contribution < -0.4 is 21.4 Å². The van der Waals surface area contributed by atoms with E-state index in [0.717, 1.165) is 77.3 Å². The molecule has 60 heavy (non-hydrogen) atoms. The molecule has 1 aliphatic carbocycles. The van der Waals surface area contributed by atoms with Crippen LogP contribution in [0, 0.1) is 17.3 Å². The van der Waals surface area contributed by atoms with Crippen LogP contribution in [-0.4, -0.2) is 108 Å². The first-order valence-corrected chi connectivity index (χ1v) is 21.7. The summed E-state index contributed by atoms with van der Waals surface area (Å²) in [7, 11) is 3.88. The lowest BCUT2D eigenvalue weighted by atomic mass is 9.84. The second-order valence-electron chi connectivity index (χ2n) is 18.2. The van der Waals surface area contributed by atoms with E-state index < -0.39 is 23.5 Å². The molecule has 3 aliphatic heterocycles. The number of nitrogens with one attached hydrogen (secondary N) is 2. The Balaban J connectivity index is 1.29. The van der Waals surface area contributed by atoms with Crippen LogP contribution in [0.2, 0.25) is 0 Å². The third kappa shape index (κ3) is 8.46. The monoisotopic (exact) mass is 819 g/mol. The zero-order valence-electron chi connectivity index (χ0n) is 36.2. The minimum absolute atomic E-state index is 0.129. The van der Waals surface area contributed by atoms with Gasteiger partial charge in [-0.25, -0.2) is 5.43 Å². The van der Waals surface area contributed by atoms with Crippen molar-refractivity contribution in [3.05, 3.63) is 59.5 Å².